The second kappa shape index (κ2) is 9.05. The number of nitrogens with one attached hydrogen (secondary N) is 1. The van der Waals surface area contributed by atoms with Gasteiger partial charge in [0, 0.05) is 31.0 Å². The van der Waals surface area contributed by atoms with Crippen molar-refractivity contribution in [2.24, 2.45) is 10.7 Å². The molecule has 1 aromatic heterocycles. The molecule has 1 atom stereocenters. The van der Waals surface area contributed by atoms with Gasteiger partial charge in [-0.15, -0.1) is 0 Å². The van der Waals surface area contributed by atoms with Gasteiger partial charge in [-0.3, -0.25) is 14.5 Å². The van der Waals surface area contributed by atoms with Gasteiger partial charge in [-0.2, -0.15) is 0 Å². The molecule has 0 radical (unpaired) electrons. The molecule has 10 heteroatoms. The van der Waals surface area contributed by atoms with Crippen molar-refractivity contribution in [1.82, 2.24) is 9.88 Å². The van der Waals surface area contributed by atoms with E-state index < -0.39 is 11.4 Å². The van der Waals surface area contributed by atoms with Crippen molar-refractivity contribution in [3.8, 4) is 0 Å². The molecular formula is C22H23Cl2N5O3. The highest BCUT2D eigenvalue weighted by Crippen LogP contribution is 2.40. The first-order chi connectivity index (χ1) is 15.3. The Bertz CT molecular complexity index is 1070. The molecule has 1 aromatic carbocycles. The molecule has 1 fully saturated rings. The fourth-order valence-corrected chi connectivity index (χ4v) is 4.57. The summed E-state index contributed by atoms with van der Waals surface area (Å²) in [4.78, 5) is 35.9. The van der Waals surface area contributed by atoms with Crippen molar-refractivity contribution >= 4 is 46.7 Å². The Kier molecular flexibility index (Phi) is 6.37. The number of halogens is 2. The van der Waals surface area contributed by atoms with E-state index in [0.717, 1.165) is 12.8 Å². The fourth-order valence-electron chi connectivity index (χ4n) is 4.08. The molecule has 0 spiro atoms. The van der Waals surface area contributed by atoms with E-state index in [-0.39, 0.29) is 30.0 Å². The highest BCUT2D eigenvalue weighted by atomic mass is 35.5. The van der Waals surface area contributed by atoms with Crippen molar-refractivity contribution in [1.29, 1.82) is 0 Å². The Balaban J connectivity index is 1.61. The standard InChI is InChI=1S/C22H23Cl2N5O3/c1-22(11-18(30)29(21(25)28-22)14-7-9-32-10-8-14)15-3-2-4-16(19(15)24)27-20(31)17-6-5-13(23)12-26-17/h2-6,12,14H,7-11H2,1H3,(H2,25,28)(H,27,31)/t22-/m0/s1. The lowest BCUT2D eigenvalue weighted by Gasteiger charge is -2.40. The normalized spacial score (nSPS) is 21.9. The minimum absolute atomic E-state index is 0.0162. The zero-order valence-electron chi connectivity index (χ0n) is 17.5. The first kappa shape index (κ1) is 22.5. The Morgan fingerprint density at radius 1 is 1.25 bits per heavy atom. The molecular weight excluding hydrogens is 453 g/mol. The largest absolute Gasteiger partial charge is 0.381 e. The van der Waals surface area contributed by atoms with Crippen molar-refractivity contribution in [2.75, 3.05) is 18.5 Å². The second-order valence-corrected chi connectivity index (χ2v) is 8.83. The molecule has 1 saturated heterocycles. The number of amides is 2. The quantitative estimate of drug-likeness (QED) is 0.701. The minimum atomic E-state index is -0.959. The number of hydrogen-bond acceptors (Lipinski definition) is 6. The summed E-state index contributed by atoms with van der Waals surface area (Å²) in [5, 5.41) is 3.49. The van der Waals surface area contributed by atoms with Crippen LogP contribution in [-0.4, -0.2) is 46.9 Å². The van der Waals surface area contributed by atoms with Gasteiger partial charge in [0.2, 0.25) is 5.91 Å². The molecule has 0 aliphatic carbocycles. The third-order valence-electron chi connectivity index (χ3n) is 5.72. The van der Waals surface area contributed by atoms with Crippen LogP contribution in [-0.2, 0) is 15.1 Å². The Morgan fingerprint density at radius 2 is 2.00 bits per heavy atom. The van der Waals surface area contributed by atoms with Crippen LogP contribution >= 0.6 is 23.2 Å². The van der Waals surface area contributed by atoms with E-state index in [2.05, 4.69) is 15.3 Å². The summed E-state index contributed by atoms with van der Waals surface area (Å²) in [5.41, 5.74) is 6.48. The maximum absolute atomic E-state index is 13.1. The molecule has 4 rings (SSSR count). The molecule has 8 nitrogen and oxygen atoms in total. The van der Waals surface area contributed by atoms with E-state index in [1.165, 1.54) is 12.3 Å². The molecule has 3 N–H and O–H groups in total. The minimum Gasteiger partial charge on any atom is -0.381 e. The number of aromatic nitrogens is 1. The van der Waals surface area contributed by atoms with Gasteiger partial charge in [-0.05, 0) is 38.0 Å². The van der Waals surface area contributed by atoms with Crippen LogP contribution < -0.4 is 11.1 Å². The number of carbonyl (C=O) groups is 2. The Morgan fingerprint density at radius 3 is 2.66 bits per heavy atom. The van der Waals surface area contributed by atoms with Gasteiger partial charge >= 0.3 is 0 Å². The summed E-state index contributed by atoms with van der Waals surface area (Å²) in [7, 11) is 0. The van der Waals surface area contributed by atoms with Gasteiger partial charge in [-0.1, -0.05) is 35.3 Å². The third-order valence-corrected chi connectivity index (χ3v) is 6.35. The average Bonchev–Trinajstić information content (AvgIpc) is 2.75. The maximum Gasteiger partial charge on any atom is 0.274 e. The van der Waals surface area contributed by atoms with Gasteiger partial charge in [-0.25, -0.2) is 9.98 Å². The highest BCUT2D eigenvalue weighted by molar-refractivity contribution is 6.35. The zero-order chi connectivity index (χ0) is 22.9. The van der Waals surface area contributed by atoms with Crippen molar-refractivity contribution in [3.05, 3.63) is 57.8 Å². The van der Waals surface area contributed by atoms with Gasteiger partial charge in [0.25, 0.3) is 5.91 Å². The number of guanidine groups is 1. The van der Waals surface area contributed by atoms with Crippen molar-refractivity contribution < 1.29 is 14.3 Å². The highest BCUT2D eigenvalue weighted by Gasteiger charge is 2.41. The maximum atomic E-state index is 13.1. The van der Waals surface area contributed by atoms with Gasteiger partial charge in [0.1, 0.15) is 5.69 Å². The summed E-state index contributed by atoms with van der Waals surface area (Å²) in [6, 6.07) is 8.29. The van der Waals surface area contributed by atoms with Crippen LogP contribution in [0.3, 0.4) is 0 Å². The number of hydrogen-bond donors (Lipinski definition) is 2. The topological polar surface area (TPSA) is 110 Å². The first-order valence-electron chi connectivity index (χ1n) is 10.3. The van der Waals surface area contributed by atoms with E-state index in [9.17, 15) is 9.59 Å². The smallest absolute Gasteiger partial charge is 0.274 e. The fraction of sp³-hybridized carbons (Fsp3) is 0.364. The van der Waals surface area contributed by atoms with E-state index >= 15 is 0 Å². The van der Waals surface area contributed by atoms with E-state index in [1.807, 2.05) is 6.92 Å². The molecule has 2 aliphatic heterocycles. The molecule has 0 saturated carbocycles. The molecule has 3 heterocycles. The Labute approximate surface area is 195 Å². The average molecular weight is 476 g/mol. The van der Waals surface area contributed by atoms with E-state index in [0.29, 0.717) is 34.5 Å². The number of benzene rings is 1. The summed E-state index contributed by atoms with van der Waals surface area (Å²) >= 11 is 12.5. The lowest BCUT2D eigenvalue weighted by atomic mass is 9.86. The number of carbonyl (C=O) groups excluding carboxylic acids is 2. The summed E-state index contributed by atoms with van der Waals surface area (Å²) in [6.45, 7) is 3.00. The van der Waals surface area contributed by atoms with Gasteiger partial charge < -0.3 is 15.8 Å². The number of pyridine rings is 1. The molecule has 0 unspecified atom stereocenters. The monoisotopic (exact) mass is 475 g/mol. The Hall–Kier alpha value is -2.68. The van der Waals surface area contributed by atoms with Crippen molar-refractivity contribution in [2.45, 2.75) is 37.8 Å². The lowest BCUT2D eigenvalue weighted by Crippen LogP contribution is -2.55. The zero-order valence-corrected chi connectivity index (χ0v) is 19.0. The van der Waals surface area contributed by atoms with Crippen LogP contribution in [0.5, 0.6) is 0 Å². The lowest BCUT2D eigenvalue weighted by molar-refractivity contribution is -0.132. The van der Waals surface area contributed by atoms with Crippen LogP contribution in [0, 0.1) is 0 Å². The predicted octanol–water partition coefficient (Wildman–Crippen LogP) is 3.58. The SMILES string of the molecule is C[C@@]1(c2cccc(NC(=O)c3ccc(Cl)cn3)c2Cl)CC(=O)N(C2CCOCC2)C(N)=N1. The van der Waals surface area contributed by atoms with Crippen molar-refractivity contribution in [3.63, 3.8) is 0 Å². The number of nitrogens with two attached hydrogens (primary N) is 1. The second-order valence-electron chi connectivity index (χ2n) is 8.01. The first-order valence-corrected chi connectivity index (χ1v) is 11.0. The summed E-state index contributed by atoms with van der Waals surface area (Å²) < 4.78 is 5.39. The summed E-state index contributed by atoms with van der Waals surface area (Å²) in [5.74, 6) is -0.367. The number of rotatable bonds is 4. The number of anilines is 1. The van der Waals surface area contributed by atoms with Crippen LogP contribution in [0.1, 0.15) is 42.2 Å². The van der Waals surface area contributed by atoms with E-state index in [1.54, 1.807) is 29.2 Å². The predicted molar refractivity (Wildman–Crippen MR) is 123 cm³/mol. The molecule has 2 aromatic rings. The number of ether oxygens (including phenoxy) is 1. The van der Waals surface area contributed by atoms with Gasteiger partial charge in [0.05, 0.1) is 27.7 Å². The number of nitrogens with zero attached hydrogens (tertiary/aromatic N) is 3. The molecule has 0 bridgehead atoms. The molecule has 32 heavy (non-hydrogen) atoms. The molecule has 168 valence electrons. The van der Waals surface area contributed by atoms with Crippen LogP contribution in [0.2, 0.25) is 10.0 Å². The van der Waals surface area contributed by atoms with Crippen LogP contribution in [0.4, 0.5) is 5.69 Å². The van der Waals surface area contributed by atoms with E-state index in [4.69, 9.17) is 33.7 Å². The molecule has 2 aliphatic rings. The van der Waals surface area contributed by atoms with Gasteiger partial charge in [0.15, 0.2) is 5.96 Å². The number of aliphatic imine (C=N–C) groups is 1. The summed E-state index contributed by atoms with van der Waals surface area (Å²) in [6.07, 6.45) is 2.95. The van der Waals surface area contributed by atoms with Crippen LogP contribution in [0.25, 0.3) is 0 Å². The molecule has 2 amide bonds. The van der Waals surface area contributed by atoms with Crippen LogP contribution in [0.15, 0.2) is 41.5 Å². The third kappa shape index (κ3) is 4.44.